The summed E-state index contributed by atoms with van der Waals surface area (Å²) in [6.07, 6.45) is 2.96. The second-order valence-electron chi connectivity index (χ2n) is 5.14. The molecule has 2 N–H and O–H groups in total. The van der Waals surface area contributed by atoms with Gasteiger partial charge in [0.15, 0.2) is 11.5 Å². The molecule has 116 valence electrons. The van der Waals surface area contributed by atoms with Gasteiger partial charge in [0.1, 0.15) is 12.1 Å². The number of aliphatic hydroxyl groups is 1. The number of hydrogen-bond acceptors (Lipinski definition) is 5. The Morgan fingerprint density at radius 2 is 2.04 bits per heavy atom. The summed E-state index contributed by atoms with van der Waals surface area (Å²) in [7, 11) is 0. The Balaban J connectivity index is 1.72. The molecule has 0 amide bonds. The van der Waals surface area contributed by atoms with Crippen molar-refractivity contribution in [3.05, 3.63) is 77.3 Å². The van der Waals surface area contributed by atoms with Gasteiger partial charge >= 0.3 is 0 Å². The predicted molar refractivity (Wildman–Crippen MR) is 84.0 cm³/mol. The highest BCUT2D eigenvalue weighted by Crippen LogP contribution is 2.16. The van der Waals surface area contributed by atoms with Crippen LogP contribution in [0.15, 0.2) is 53.2 Å². The predicted octanol–water partition coefficient (Wildman–Crippen LogP) is 3.08. The molecule has 0 unspecified atom stereocenters. The lowest BCUT2D eigenvalue weighted by Crippen LogP contribution is -1.96. The Hall–Kier alpha value is -3.15. The number of nitrogens with zero attached hydrogens (tertiary/aromatic N) is 2. The van der Waals surface area contributed by atoms with E-state index in [0.29, 0.717) is 12.2 Å². The van der Waals surface area contributed by atoms with Crippen molar-refractivity contribution in [1.82, 2.24) is 15.2 Å². The molecule has 2 heterocycles. The summed E-state index contributed by atoms with van der Waals surface area (Å²) in [5.74, 6) is 0.150. The maximum absolute atomic E-state index is 12.1. The number of carbonyl (C=O) groups is 1. The SMILES string of the molecule is Cc1ccc(Cc2ccc(C(=O)C=C(O)c3nc[nH]n3)o2)cc1. The van der Waals surface area contributed by atoms with E-state index >= 15 is 0 Å². The molecule has 0 aliphatic carbocycles. The van der Waals surface area contributed by atoms with Crippen LogP contribution in [0.2, 0.25) is 0 Å². The molecule has 1 aromatic carbocycles. The molecule has 6 heteroatoms. The molecule has 0 bridgehead atoms. The zero-order chi connectivity index (χ0) is 16.2. The molecule has 6 nitrogen and oxygen atoms in total. The van der Waals surface area contributed by atoms with Crippen molar-refractivity contribution in [1.29, 1.82) is 0 Å². The number of rotatable bonds is 5. The van der Waals surface area contributed by atoms with Gasteiger partial charge in [0.25, 0.3) is 0 Å². The van der Waals surface area contributed by atoms with Crippen molar-refractivity contribution < 1.29 is 14.3 Å². The standard InChI is InChI=1S/C17H15N3O3/c1-11-2-4-12(5-3-11)8-13-6-7-16(23-13)14(21)9-15(22)17-18-10-19-20-17/h2-7,9-10,22H,8H2,1H3,(H,18,19,20). The summed E-state index contributed by atoms with van der Waals surface area (Å²) in [6, 6.07) is 11.4. The molecule has 3 aromatic rings. The van der Waals surface area contributed by atoms with Crippen molar-refractivity contribution in [3.63, 3.8) is 0 Å². The van der Waals surface area contributed by atoms with Gasteiger partial charge in [-0.15, -0.1) is 0 Å². The van der Waals surface area contributed by atoms with Crippen LogP contribution in [0.1, 0.15) is 33.3 Å². The normalized spacial score (nSPS) is 11.6. The van der Waals surface area contributed by atoms with Crippen molar-refractivity contribution in [2.75, 3.05) is 0 Å². The smallest absolute Gasteiger partial charge is 0.224 e. The van der Waals surface area contributed by atoms with E-state index in [-0.39, 0.29) is 17.3 Å². The molecule has 0 saturated heterocycles. The van der Waals surface area contributed by atoms with E-state index < -0.39 is 5.78 Å². The van der Waals surface area contributed by atoms with Crippen molar-refractivity contribution >= 4 is 11.5 Å². The van der Waals surface area contributed by atoms with E-state index in [9.17, 15) is 9.90 Å². The Morgan fingerprint density at radius 3 is 2.74 bits per heavy atom. The Labute approximate surface area is 132 Å². The Bertz CT molecular complexity index is 830. The molecule has 0 aliphatic heterocycles. The number of aryl methyl sites for hydroxylation is 1. The number of allylic oxidation sites excluding steroid dienone is 1. The van der Waals surface area contributed by atoms with Crippen molar-refractivity contribution in [3.8, 4) is 0 Å². The lowest BCUT2D eigenvalue weighted by atomic mass is 10.1. The van der Waals surface area contributed by atoms with Gasteiger partial charge < -0.3 is 9.52 Å². The Morgan fingerprint density at radius 1 is 1.26 bits per heavy atom. The van der Waals surface area contributed by atoms with Crippen LogP contribution < -0.4 is 0 Å². The van der Waals surface area contributed by atoms with E-state index in [1.54, 1.807) is 12.1 Å². The van der Waals surface area contributed by atoms with Gasteiger partial charge in [-0.1, -0.05) is 29.8 Å². The Kier molecular flexibility index (Phi) is 4.05. The fourth-order valence-corrected chi connectivity index (χ4v) is 2.10. The van der Waals surface area contributed by atoms with Gasteiger partial charge in [-0.25, -0.2) is 4.98 Å². The summed E-state index contributed by atoms with van der Waals surface area (Å²) in [6.45, 7) is 2.03. The topological polar surface area (TPSA) is 92.0 Å². The van der Waals surface area contributed by atoms with Gasteiger partial charge in [0.2, 0.25) is 11.6 Å². The molecule has 3 rings (SSSR count). The van der Waals surface area contributed by atoms with Gasteiger partial charge in [-0.05, 0) is 24.6 Å². The summed E-state index contributed by atoms with van der Waals surface area (Å²) in [4.78, 5) is 15.8. The van der Waals surface area contributed by atoms with Crippen LogP contribution in [0, 0.1) is 6.92 Å². The highest BCUT2D eigenvalue weighted by molar-refractivity contribution is 6.05. The van der Waals surface area contributed by atoms with Crippen LogP contribution in [-0.4, -0.2) is 26.1 Å². The summed E-state index contributed by atoms with van der Waals surface area (Å²) >= 11 is 0. The molecule has 0 saturated carbocycles. The van der Waals surface area contributed by atoms with E-state index in [4.69, 9.17) is 4.42 Å². The summed E-state index contributed by atoms with van der Waals surface area (Å²) < 4.78 is 5.54. The van der Waals surface area contributed by atoms with Gasteiger partial charge in [0.05, 0.1) is 0 Å². The first-order valence-corrected chi connectivity index (χ1v) is 7.07. The maximum atomic E-state index is 12.1. The van der Waals surface area contributed by atoms with Crippen molar-refractivity contribution in [2.24, 2.45) is 0 Å². The number of H-pyrrole nitrogens is 1. The van der Waals surface area contributed by atoms with E-state index in [1.165, 1.54) is 11.9 Å². The number of benzene rings is 1. The van der Waals surface area contributed by atoms with Crippen molar-refractivity contribution in [2.45, 2.75) is 13.3 Å². The first kappa shape index (κ1) is 14.8. The minimum absolute atomic E-state index is 0.0600. The monoisotopic (exact) mass is 309 g/mol. The third-order valence-corrected chi connectivity index (χ3v) is 3.32. The van der Waals surface area contributed by atoms with E-state index in [1.807, 2.05) is 31.2 Å². The molecule has 0 atom stereocenters. The average Bonchev–Trinajstić information content (AvgIpc) is 3.21. The molecule has 23 heavy (non-hydrogen) atoms. The van der Waals surface area contributed by atoms with Crippen LogP contribution >= 0.6 is 0 Å². The highest BCUT2D eigenvalue weighted by atomic mass is 16.3. The lowest BCUT2D eigenvalue weighted by molar-refractivity contribution is 0.101. The minimum atomic E-state index is -0.442. The van der Waals surface area contributed by atoms with Crippen LogP contribution in [0.25, 0.3) is 5.76 Å². The maximum Gasteiger partial charge on any atom is 0.224 e. The number of aromatic amines is 1. The third-order valence-electron chi connectivity index (χ3n) is 3.32. The highest BCUT2D eigenvalue weighted by Gasteiger charge is 2.12. The molecule has 0 spiro atoms. The van der Waals surface area contributed by atoms with Crippen LogP contribution in [0.5, 0.6) is 0 Å². The summed E-state index contributed by atoms with van der Waals surface area (Å²) in [5.41, 5.74) is 2.29. The molecular weight excluding hydrogens is 294 g/mol. The number of aromatic nitrogens is 3. The zero-order valence-corrected chi connectivity index (χ0v) is 12.5. The van der Waals surface area contributed by atoms with E-state index in [0.717, 1.165) is 11.6 Å². The number of hydrogen-bond donors (Lipinski definition) is 2. The number of ketones is 1. The van der Waals surface area contributed by atoms with Gasteiger partial charge in [-0.3, -0.25) is 9.89 Å². The van der Waals surface area contributed by atoms with Gasteiger partial charge in [-0.2, -0.15) is 5.10 Å². The van der Waals surface area contributed by atoms with Crippen LogP contribution in [0.3, 0.4) is 0 Å². The minimum Gasteiger partial charge on any atom is -0.504 e. The van der Waals surface area contributed by atoms with Crippen LogP contribution in [-0.2, 0) is 6.42 Å². The fourth-order valence-electron chi connectivity index (χ4n) is 2.10. The molecule has 2 aromatic heterocycles. The first-order valence-electron chi connectivity index (χ1n) is 7.07. The summed E-state index contributed by atoms with van der Waals surface area (Å²) in [5, 5.41) is 15.9. The largest absolute Gasteiger partial charge is 0.504 e. The molecular formula is C17H15N3O3. The first-order chi connectivity index (χ1) is 11.1. The van der Waals surface area contributed by atoms with Gasteiger partial charge in [0, 0.05) is 12.5 Å². The number of nitrogens with one attached hydrogen (secondary N) is 1. The van der Waals surface area contributed by atoms with Crippen LogP contribution in [0.4, 0.5) is 0 Å². The number of carbonyl (C=O) groups excluding carboxylic acids is 1. The lowest BCUT2D eigenvalue weighted by Gasteiger charge is -1.99. The molecule has 0 aliphatic rings. The molecule has 0 radical (unpaired) electrons. The quantitative estimate of drug-likeness (QED) is 0.429. The second kappa shape index (κ2) is 6.31. The van der Waals surface area contributed by atoms with E-state index in [2.05, 4.69) is 15.2 Å². The molecule has 0 fully saturated rings. The average molecular weight is 309 g/mol. The number of aliphatic hydroxyl groups excluding tert-OH is 1. The fraction of sp³-hybridized carbons (Fsp3) is 0.118. The third kappa shape index (κ3) is 3.55. The number of furan rings is 1. The zero-order valence-electron chi connectivity index (χ0n) is 12.5. The second-order valence-corrected chi connectivity index (χ2v) is 5.14.